The summed E-state index contributed by atoms with van der Waals surface area (Å²) >= 11 is 0. The van der Waals surface area contributed by atoms with Gasteiger partial charge in [-0.05, 0) is 12.0 Å². The molecule has 3 heterocycles. The predicted octanol–water partition coefficient (Wildman–Crippen LogP) is 1.43. The smallest absolute Gasteiger partial charge is 0.325 e. The molecule has 9 heteroatoms. The Bertz CT molecular complexity index is 1110. The topological polar surface area (TPSA) is 134 Å². The predicted molar refractivity (Wildman–Crippen MR) is 102 cm³/mol. The number of nitrogens with two attached hydrogens (primary N) is 1. The first-order valence-electron chi connectivity index (χ1n) is 9.03. The van der Waals surface area contributed by atoms with E-state index < -0.39 is 17.3 Å². The monoisotopic (exact) mass is 393 g/mol. The van der Waals surface area contributed by atoms with Crippen LogP contribution in [0.15, 0.2) is 35.7 Å². The summed E-state index contributed by atoms with van der Waals surface area (Å²) in [6.07, 6.45) is 0. The summed E-state index contributed by atoms with van der Waals surface area (Å²) in [7, 11) is 1.25. The van der Waals surface area contributed by atoms with E-state index in [0.29, 0.717) is 22.5 Å². The fourth-order valence-corrected chi connectivity index (χ4v) is 4.08. The molecule has 1 aromatic heterocycles. The molecule has 1 unspecified atom stereocenters. The second-order valence-corrected chi connectivity index (χ2v) is 7.16. The van der Waals surface area contributed by atoms with Crippen LogP contribution in [0.5, 0.6) is 5.88 Å². The van der Waals surface area contributed by atoms with E-state index in [4.69, 9.17) is 15.2 Å². The van der Waals surface area contributed by atoms with Crippen molar-refractivity contribution in [1.82, 2.24) is 10.2 Å². The van der Waals surface area contributed by atoms with E-state index >= 15 is 0 Å². The van der Waals surface area contributed by atoms with Gasteiger partial charge in [-0.1, -0.05) is 32.0 Å². The van der Waals surface area contributed by atoms with Crippen LogP contribution >= 0.6 is 0 Å². The van der Waals surface area contributed by atoms with Gasteiger partial charge in [-0.3, -0.25) is 19.6 Å². The number of carbonyl (C=O) groups excluding carboxylic acids is 2. The number of carbonyl (C=O) groups is 2. The Kier molecular flexibility index (Phi) is 4.08. The number of rotatable bonds is 3. The molecule has 2 aliphatic rings. The van der Waals surface area contributed by atoms with E-state index in [1.807, 2.05) is 13.8 Å². The van der Waals surface area contributed by atoms with Crippen LogP contribution in [-0.4, -0.2) is 35.7 Å². The normalized spacial score (nSPS) is 19.8. The number of aromatic amines is 1. The maximum atomic E-state index is 13.9. The van der Waals surface area contributed by atoms with E-state index in [2.05, 4.69) is 16.3 Å². The number of amides is 1. The molecular weight excluding hydrogens is 374 g/mol. The molecule has 0 fully saturated rings. The van der Waals surface area contributed by atoms with Gasteiger partial charge < -0.3 is 15.2 Å². The van der Waals surface area contributed by atoms with Gasteiger partial charge in [-0.25, -0.2) is 0 Å². The zero-order chi connectivity index (χ0) is 20.9. The number of nitriles is 1. The Morgan fingerprint density at radius 1 is 1.45 bits per heavy atom. The van der Waals surface area contributed by atoms with Gasteiger partial charge in [0.15, 0.2) is 0 Å². The number of para-hydroxylation sites is 1. The molecular formula is C20H19N5O4. The van der Waals surface area contributed by atoms with Crippen molar-refractivity contribution < 1.29 is 19.1 Å². The molecule has 2 aromatic rings. The third-order valence-corrected chi connectivity index (χ3v) is 5.33. The van der Waals surface area contributed by atoms with Crippen molar-refractivity contribution in [1.29, 1.82) is 5.26 Å². The van der Waals surface area contributed by atoms with Crippen LogP contribution < -0.4 is 15.4 Å². The quantitative estimate of drug-likeness (QED) is 0.753. The Morgan fingerprint density at radius 3 is 2.83 bits per heavy atom. The lowest BCUT2D eigenvalue weighted by atomic mass is 9.68. The number of esters is 1. The van der Waals surface area contributed by atoms with Crippen molar-refractivity contribution >= 4 is 17.6 Å². The minimum atomic E-state index is -1.55. The Hall–Kier alpha value is -3.80. The number of hydrogen-bond donors (Lipinski definition) is 2. The molecule has 1 aromatic carbocycles. The van der Waals surface area contributed by atoms with E-state index in [9.17, 15) is 14.9 Å². The third kappa shape index (κ3) is 2.29. The van der Waals surface area contributed by atoms with Crippen LogP contribution in [0, 0.1) is 11.3 Å². The second kappa shape index (κ2) is 6.38. The number of hydrogen-bond acceptors (Lipinski definition) is 7. The molecule has 0 aliphatic carbocycles. The largest absolute Gasteiger partial charge is 0.468 e. The number of ether oxygens (including phenoxy) is 2. The first-order chi connectivity index (χ1) is 13.9. The SMILES string of the molecule is COC(=O)CN1C(=O)C2(C(C#N)=C(N)Oc3n[nH]c(C(C)C)c32)c2ccccc21. The van der Waals surface area contributed by atoms with Gasteiger partial charge in [0.1, 0.15) is 23.6 Å². The zero-order valence-electron chi connectivity index (χ0n) is 16.1. The van der Waals surface area contributed by atoms with Gasteiger partial charge in [0.2, 0.25) is 17.7 Å². The number of H-pyrrole nitrogens is 1. The Morgan fingerprint density at radius 2 is 2.17 bits per heavy atom. The lowest BCUT2D eigenvalue weighted by molar-refractivity contribution is -0.140. The van der Waals surface area contributed by atoms with Gasteiger partial charge >= 0.3 is 5.97 Å². The Balaban J connectivity index is 2.09. The molecule has 148 valence electrons. The molecule has 9 nitrogen and oxygen atoms in total. The highest BCUT2D eigenvalue weighted by Gasteiger charge is 2.61. The highest BCUT2D eigenvalue weighted by atomic mass is 16.5. The van der Waals surface area contributed by atoms with Crippen LogP contribution in [0.1, 0.15) is 36.6 Å². The molecule has 0 radical (unpaired) electrons. The van der Waals surface area contributed by atoms with Gasteiger partial charge in [-0.2, -0.15) is 5.26 Å². The maximum absolute atomic E-state index is 13.9. The highest BCUT2D eigenvalue weighted by molar-refractivity contribution is 6.15. The summed E-state index contributed by atoms with van der Waals surface area (Å²) < 4.78 is 10.3. The molecule has 1 atom stereocenters. The molecule has 0 saturated heterocycles. The fourth-order valence-electron chi connectivity index (χ4n) is 4.08. The first kappa shape index (κ1) is 18.6. The van der Waals surface area contributed by atoms with Crippen LogP contribution in [0.25, 0.3) is 0 Å². The number of fused-ring (bicyclic) bond motifs is 4. The number of methoxy groups -OCH3 is 1. The summed E-state index contributed by atoms with van der Waals surface area (Å²) in [5.41, 5.74) is 6.63. The molecule has 1 spiro atoms. The van der Waals surface area contributed by atoms with Gasteiger partial charge in [-0.15, -0.1) is 5.10 Å². The first-order valence-corrected chi connectivity index (χ1v) is 9.03. The molecule has 0 bridgehead atoms. The van der Waals surface area contributed by atoms with Crippen LogP contribution in [0.2, 0.25) is 0 Å². The molecule has 29 heavy (non-hydrogen) atoms. The summed E-state index contributed by atoms with van der Waals surface area (Å²) in [6.45, 7) is 3.58. The van der Waals surface area contributed by atoms with Crippen molar-refractivity contribution in [3.63, 3.8) is 0 Å². The molecule has 0 saturated carbocycles. The number of anilines is 1. The highest BCUT2D eigenvalue weighted by Crippen LogP contribution is 2.56. The zero-order valence-corrected chi connectivity index (χ0v) is 16.1. The minimum Gasteiger partial charge on any atom is -0.468 e. The van der Waals surface area contributed by atoms with Crippen molar-refractivity contribution in [3.8, 4) is 11.9 Å². The number of nitrogens with one attached hydrogen (secondary N) is 1. The van der Waals surface area contributed by atoms with Crippen LogP contribution in [-0.2, 0) is 19.7 Å². The van der Waals surface area contributed by atoms with Crippen LogP contribution in [0.4, 0.5) is 5.69 Å². The summed E-state index contributed by atoms with van der Waals surface area (Å²) in [4.78, 5) is 27.3. The average Bonchev–Trinajstić information content (AvgIpc) is 3.22. The molecule has 4 rings (SSSR count). The summed E-state index contributed by atoms with van der Waals surface area (Å²) in [5.74, 6) is -1.14. The lowest BCUT2D eigenvalue weighted by Crippen LogP contribution is -2.47. The van der Waals surface area contributed by atoms with E-state index in [0.717, 1.165) is 0 Å². The second-order valence-electron chi connectivity index (χ2n) is 7.16. The summed E-state index contributed by atoms with van der Waals surface area (Å²) in [6, 6.07) is 9.07. The fraction of sp³-hybridized carbons (Fsp3) is 0.300. The van der Waals surface area contributed by atoms with E-state index in [-0.39, 0.29) is 29.8 Å². The van der Waals surface area contributed by atoms with E-state index in [1.54, 1.807) is 24.3 Å². The van der Waals surface area contributed by atoms with Gasteiger partial charge in [0.05, 0.1) is 12.7 Å². The Labute approximate surface area is 166 Å². The van der Waals surface area contributed by atoms with Gasteiger partial charge in [0.25, 0.3) is 0 Å². The summed E-state index contributed by atoms with van der Waals surface area (Å²) in [5, 5.41) is 17.1. The van der Waals surface area contributed by atoms with Crippen molar-refractivity contribution in [2.45, 2.75) is 25.2 Å². The van der Waals surface area contributed by atoms with Gasteiger partial charge in [0, 0.05) is 16.9 Å². The third-order valence-electron chi connectivity index (χ3n) is 5.33. The lowest BCUT2D eigenvalue weighted by Gasteiger charge is -2.33. The van der Waals surface area contributed by atoms with Crippen molar-refractivity contribution in [3.05, 3.63) is 52.5 Å². The number of benzene rings is 1. The number of aromatic nitrogens is 2. The van der Waals surface area contributed by atoms with Crippen LogP contribution in [0.3, 0.4) is 0 Å². The van der Waals surface area contributed by atoms with Crippen molar-refractivity contribution in [2.24, 2.45) is 5.73 Å². The number of nitrogens with zero attached hydrogens (tertiary/aromatic N) is 3. The molecule has 1 amide bonds. The molecule has 2 aliphatic heterocycles. The maximum Gasteiger partial charge on any atom is 0.325 e. The standard InChI is InChI=1S/C20H19N5O4/c1-10(2)16-15-18(24-23-16)29-17(22)12(8-21)20(15)11-6-4-5-7-13(11)25(19(20)27)9-14(26)28-3/h4-7,10H,9,22H2,1-3H3,(H,23,24). The minimum absolute atomic E-state index is 0.0295. The average molecular weight is 393 g/mol. The van der Waals surface area contributed by atoms with Crippen molar-refractivity contribution in [2.75, 3.05) is 18.6 Å². The molecule has 3 N–H and O–H groups in total. The van der Waals surface area contributed by atoms with E-state index in [1.165, 1.54) is 12.0 Å².